The number of rotatable bonds is 2. The number of benzene rings is 1. The zero-order chi connectivity index (χ0) is 10.1. The summed E-state index contributed by atoms with van der Waals surface area (Å²) < 4.78 is 19.6. The van der Waals surface area contributed by atoms with Gasteiger partial charge in [0.05, 0.1) is 22.6 Å². The highest BCUT2D eigenvalue weighted by molar-refractivity contribution is 7.19. The quantitative estimate of drug-likeness (QED) is 0.714. The molecule has 0 aliphatic carbocycles. The fourth-order valence-corrected chi connectivity index (χ4v) is 2.66. The number of methoxy groups -OCH3 is 1. The first-order valence-electron chi connectivity index (χ1n) is 4.07. The molecule has 1 aromatic heterocycles. The van der Waals surface area contributed by atoms with Gasteiger partial charge in [-0.15, -0.1) is 22.9 Å². The molecule has 14 heavy (non-hydrogen) atoms. The lowest BCUT2D eigenvalue weighted by Crippen LogP contribution is -1.81. The van der Waals surface area contributed by atoms with E-state index in [4.69, 9.17) is 16.3 Å². The van der Waals surface area contributed by atoms with E-state index in [2.05, 4.69) is 0 Å². The number of hydrogen-bond donors (Lipinski definition) is 0. The third-order valence-electron chi connectivity index (χ3n) is 2.03. The largest absolute Gasteiger partial charge is 0.495 e. The molecule has 0 radical (unpaired) electrons. The fraction of sp³-hybridized carbons (Fsp3) is 0.200. The average molecular weight is 231 g/mol. The topological polar surface area (TPSA) is 9.23 Å². The number of thiophene rings is 1. The number of hydrogen-bond acceptors (Lipinski definition) is 2. The second-order valence-electron chi connectivity index (χ2n) is 2.81. The Morgan fingerprint density at radius 2 is 2.29 bits per heavy atom. The Morgan fingerprint density at radius 3 is 2.93 bits per heavy atom. The van der Waals surface area contributed by atoms with Crippen LogP contribution in [0.25, 0.3) is 10.1 Å². The number of halogens is 2. The summed E-state index contributed by atoms with van der Waals surface area (Å²) in [6.07, 6.45) is 0. The van der Waals surface area contributed by atoms with Crippen molar-refractivity contribution < 1.29 is 9.13 Å². The summed E-state index contributed by atoms with van der Waals surface area (Å²) in [6, 6.07) is 5.32. The lowest BCUT2D eigenvalue weighted by atomic mass is 10.2. The molecular formula is C10H8ClFOS. The monoisotopic (exact) mass is 230 g/mol. The van der Waals surface area contributed by atoms with Crippen molar-refractivity contribution in [2.75, 3.05) is 7.11 Å². The van der Waals surface area contributed by atoms with Crippen molar-refractivity contribution in [2.45, 2.75) is 5.88 Å². The standard InChI is InChI=1S/C10H8ClFOS/c1-13-7-4-2-3-6-9(12)8(5-11)14-10(6)7/h2-4H,5H2,1H3. The highest BCUT2D eigenvalue weighted by Crippen LogP contribution is 2.36. The maximum Gasteiger partial charge on any atom is 0.146 e. The van der Waals surface area contributed by atoms with E-state index in [1.165, 1.54) is 11.3 Å². The molecule has 4 heteroatoms. The van der Waals surface area contributed by atoms with Crippen molar-refractivity contribution in [3.05, 3.63) is 28.9 Å². The van der Waals surface area contributed by atoms with Gasteiger partial charge in [0.1, 0.15) is 11.6 Å². The van der Waals surface area contributed by atoms with E-state index in [1.807, 2.05) is 6.07 Å². The van der Waals surface area contributed by atoms with E-state index in [1.54, 1.807) is 19.2 Å². The Morgan fingerprint density at radius 1 is 1.50 bits per heavy atom. The van der Waals surface area contributed by atoms with Crippen LogP contribution in [0.15, 0.2) is 18.2 Å². The summed E-state index contributed by atoms with van der Waals surface area (Å²) in [5.74, 6) is 0.676. The molecule has 0 unspecified atom stereocenters. The maximum absolute atomic E-state index is 13.6. The van der Waals surface area contributed by atoms with Crippen LogP contribution < -0.4 is 4.74 Å². The average Bonchev–Trinajstić information content (AvgIpc) is 2.55. The van der Waals surface area contributed by atoms with E-state index in [-0.39, 0.29) is 11.7 Å². The lowest BCUT2D eigenvalue weighted by Gasteiger charge is -1.99. The molecule has 0 bridgehead atoms. The molecular weight excluding hydrogens is 223 g/mol. The molecule has 1 nitrogen and oxygen atoms in total. The molecule has 2 aromatic rings. The normalized spacial score (nSPS) is 10.8. The summed E-state index contributed by atoms with van der Waals surface area (Å²) in [5, 5.41) is 0.588. The van der Waals surface area contributed by atoms with Gasteiger partial charge in [0.2, 0.25) is 0 Å². The Labute approximate surface area is 90.1 Å². The number of ether oxygens (including phenoxy) is 1. The first-order valence-corrected chi connectivity index (χ1v) is 5.43. The van der Waals surface area contributed by atoms with E-state index in [0.29, 0.717) is 16.0 Å². The molecule has 0 spiro atoms. The number of fused-ring (bicyclic) bond motifs is 1. The lowest BCUT2D eigenvalue weighted by molar-refractivity contribution is 0.420. The van der Waals surface area contributed by atoms with E-state index >= 15 is 0 Å². The minimum absolute atomic E-state index is 0.203. The van der Waals surface area contributed by atoms with Gasteiger partial charge in [0.25, 0.3) is 0 Å². The first kappa shape index (κ1) is 9.74. The smallest absolute Gasteiger partial charge is 0.146 e. The molecule has 0 fully saturated rings. The zero-order valence-electron chi connectivity index (χ0n) is 7.51. The van der Waals surface area contributed by atoms with Crippen LogP contribution >= 0.6 is 22.9 Å². The van der Waals surface area contributed by atoms with Crippen molar-refractivity contribution in [3.8, 4) is 5.75 Å². The predicted molar refractivity (Wildman–Crippen MR) is 57.9 cm³/mol. The van der Waals surface area contributed by atoms with Gasteiger partial charge in [0.15, 0.2) is 0 Å². The van der Waals surface area contributed by atoms with Gasteiger partial charge in [0, 0.05) is 5.39 Å². The van der Waals surface area contributed by atoms with Gasteiger partial charge in [-0.2, -0.15) is 0 Å². The van der Waals surface area contributed by atoms with E-state index in [0.717, 1.165) is 4.70 Å². The molecule has 1 aromatic carbocycles. The van der Waals surface area contributed by atoms with E-state index in [9.17, 15) is 4.39 Å². The second-order valence-corrected chi connectivity index (χ2v) is 4.18. The van der Waals surface area contributed by atoms with Crippen molar-refractivity contribution in [2.24, 2.45) is 0 Å². The summed E-state index contributed by atoms with van der Waals surface area (Å²) in [4.78, 5) is 0.561. The summed E-state index contributed by atoms with van der Waals surface area (Å²) in [5.41, 5.74) is 0. The Kier molecular flexibility index (Phi) is 2.61. The molecule has 1 heterocycles. The molecule has 0 saturated heterocycles. The van der Waals surface area contributed by atoms with E-state index < -0.39 is 0 Å². The van der Waals surface area contributed by atoms with Crippen molar-refractivity contribution in [3.63, 3.8) is 0 Å². The van der Waals surface area contributed by atoms with Crippen molar-refractivity contribution in [1.82, 2.24) is 0 Å². The number of alkyl halides is 1. The third kappa shape index (κ3) is 1.37. The Hall–Kier alpha value is -0.800. The predicted octanol–water partition coefficient (Wildman–Crippen LogP) is 3.79. The van der Waals surface area contributed by atoms with Crippen molar-refractivity contribution >= 4 is 33.0 Å². The molecule has 0 aliphatic heterocycles. The second kappa shape index (κ2) is 3.75. The van der Waals surface area contributed by atoms with Crippen molar-refractivity contribution in [1.29, 1.82) is 0 Å². The third-order valence-corrected chi connectivity index (χ3v) is 3.65. The SMILES string of the molecule is COc1cccc2c(F)c(CCl)sc12. The summed E-state index contributed by atoms with van der Waals surface area (Å²) in [6.45, 7) is 0. The minimum Gasteiger partial charge on any atom is -0.495 e. The van der Waals surface area contributed by atoms with Crippen LogP contribution in [-0.2, 0) is 5.88 Å². The van der Waals surface area contributed by atoms with Crippen LogP contribution in [-0.4, -0.2) is 7.11 Å². The molecule has 0 amide bonds. The highest BCUT2D eigenvalue weighted by Gasteiger charge is 2.13. The fourth-order valence-electron chi connectivity index (χ4n) is 1.36. The molecule has 74 valence electrons. The van der Waals surface area contributed by atoms with Crippen LogP contribution in [0, 0.1) is 5.82 Å². The van der Waals surface area contributed by atoms with Crippen LogP contribution in [0.2, 0.25) is 0 Å². The van der Waals surface area contributed by atoms with Crippen LogP contribution in [0.5, 0.6) is 5.75 Å². The zero-order valence-corrected chi connectivity index (χ0v) is 9.08. The highest BCUT2D eigenvalue weighted by atomic mass is 35.5. The first-order chi connectivity index (χ1) is 6.77. The van der Waals surface area contributed by atoms with Gasteiger partial charge >= 0.3 is 0 Å². The molecule has 2 rings (SSSR count). The molecule has 0 N–H and O–H groups in total. The molecule has 0 aliphatic rings. The Bertz CT molecular complexity index is 466. The molecule has 0 saturated carbocycles. The van der Waals surface area contributed by atoms with Gasteiger partial charge in [-0.1, -0.05) is 12.1 Å². The van der Waals surface area contributed by atoms with Crippen LogP contribution in [0.4, 0.5) is 4.39 Å². The van der Waals surface area contributed by atoms with Gasteiger partial charge in [-0.3, -0.25) is 0 Å². The van der Waals surface area contributed by atoms with Gasteiger partial charge < -0.3 is 4.74 Å². The van der Waals surface area contributed by atoms with Crippen LogP contribution in [0.3, 0.4) is 0 Å². The van der Waals surface area contributed by atoms with Gasteiger partial charge in [-0.05, 0) is 6.07 Å². The Balaban J connectivity index is 2.77. The maximum atomic E-state index is 13.6. The van der Waals surface area contributed by atoms with Gasteiger partial charge in [-0.25, -0.2) is 4.39 Å². The molecule has 0 atom stereocenters. The minimum atomic E-state index is -0.223. The van der Waals surface area contributed by atoms with Crippen LogP contribution in [0.1, 0.15) is 4.88 Å². The summed E-state index contributed by atoms with van der Waals surface area (Å²) >= 11 is 6.97. The summed E-state index contributed by atoms with van der Waals surface area (Å²) in [7, 11) is 1.58.